The summed E-state index contributed by atoms with van der Waals surface area (Å²) in [4.78, 5) is 14.6. The van der Waals surface area contributed by atoms with Crippen molar-refractivity contribution in [3.63, 3.8) is 0 Å². The van der Waals surface area contributed by atoms with Crippen LogP contribution >= 0.6 is 24.2 Å². The van der Waals surface area contributed by atoms with Gasteiger partial charge in [-0.1, -0.05) is 18.5 Å². The molecule has 1 heterocycles. The number of thiol groups is 1. The van der Waals surface area contributed by atoms with Crippen LogP contribution in [-0.4, -0.2) is 29.2 Å². The van der Waals surface area contributed by atoms with Crippen LogP contribution in [0, 0.1) is 17.7 Å². The molecule has 3 nitrogen and oxygen atoms in total. The predicted octanol–water partition coefficient (Wildman–Crippen LogP) is 4.96. The molecule has 25 heavy (non-hydrogen) atoms. The summed E-state index contributed by atoms with van der Waals surface area (Å²) >= 11 is 10.6. The van der Waals surface area contributed by atoms with E-state index in [9.17, 15) is 9.18 Å². The number of rotatable bonds is 4. The van der Waals surface area contributed by atoms with E-state index < -0.39 is 5.82 Å². The molecular weight excluding hydrogens is 361 g/mol. The summed E-state index contributed by atoms with van der Waals surface area (Å²) in [5.74, 6) is 0.157. The predicted molar refractivity (Wildman–Crippen MR) is 101 cm³/mol. The fourth-order valence-corrected chi connectivity index (χ4v) is 4.88. The van der Waals surface area contributed by atoms with Crippen LogP contribution < -0.4 is 4.74 Å². The Morgan fingerprint density at radius 1 is 1.28 bits per heavy atom. The molecular formula is C19H25ClFNO2S. The van der Waals surface area contributed by atoms with Gasteiger partial charge in [0.25, 0.3) is 5.91 Å². The molecule has 0 spiro atoms. The van der Waals surface area contributed by atoms with Gasteiger partial charge in [-0.3, -0.25) is 4.79 Å². The molecule has 0 saturated heterocycles. The number of hydrogen-bond acceptors (Lipinski definition) is 3. The lowest BCUT2D eigenvalue weighted by atomic mass is 9.77. The van der Waals surface area contributed by atoms with Gasteiger partial charge in [-0.2, -0.15) is 12.6 Å². The monoisotopic (exact) mass is 385 g/mol. The summed E-state index contributed by atoms with van der Waals surface area (Å²) in [6, 6.07) is 1.74. The maximum atomic E-state index is 14.6. The molecule has 3 rings (SSSR count). The Kier molecular flexibility index (Phi) is 5.54. The molecule has 0 bridgehead atoms. The third-order valence-corrected chi connectivity index (χ3v) is 6.65. The highest BCUT2D eigenvalue weighted by molar-refractivity contribution is 7.80. The number of methoxy groups -OCH3 is 1. The van der Waals surface area contributed by atoms with E-state index in [0.29, 0.717) is 29.2 Å². The lowest BCUT2D eigenvalue weighted by Gasteiger charge is -2.37. The standard InChI is InChI=1S/C19H25ClFNO2S/c1-10(12-4-6-13(7-5-12)11(2)25)22-9-14-8-15(20)18(24-3)17(21)16(14)19(22)23/h8,10-13,25H,4-7,9H2,1-3H3. The zero-order valence-corrected chi connectivity index (χ0v) is 16.5. The summed E-state index contributed by atoms with van der Waals surface area (Å²) in [6.07, 6.45) is 4.46. The van der Waals surface area contributed by atoms with E-state index >= 15 is 0 Å². The minimum Gasteiger partial charge on any atom is -0.492 e. The largest absolute Gasteiger partial charge is 0.492 e. The quantitative estimate of drug-likeness (QED) is 0.742. The number of nitrogens with zero attached hydrogens (tertiary/aromatic N) is 1. The molecule has 138 valence electrons. The minimum absolute atomic E-state index is 0.0495. The van der Waals surface area contributed by atoms with Crippen molar-refractivity contribution >= 4 is 30.1 Å². The summed E-state index contributed by atoms with van der Waals surface area (Å²) in [5.41, 5.74) is 0.767. The van der Waals surface area contributed by atoms with Crippen LogP contribution in [0.25, 0.3) is 0 Å². The summed E-state index contributed by atoms with van der Waals surface area (Å²) in [6.45, 7) is 4.65. The van der Waals surface area contributed by atoms with Crippen LogP contribution in [0.5, 0.6) is 5.75 Å². The first-order valence-corrected chi connectivity index (χ1v) is 9.78. The highest BCUT2D eigenvalue weighted by Crippen LogP contribution is 2.40. The third-order valence-electron chi connectivity index (χ3n) is 5.95. The highest BCUT2D eigenvalue weighted by Gasteiger charge is 2.39. The Hall–Kier alpha value is -0.940. The van der Waals surface area contributed by atoms with Crippen molar-refractivity contribution in [1.29, 1.82) is 0 Å². The molecule has 1 aromatic carbocycles. The molecule has 0 N–H and O–H groups in total. The number of halogens is 2. The van der Waals surface area contributed by atoms with Crippen molar-refractivity contribution in [2.24, 2.45) is 11.8 Å². The Morgan fingerprint density at radius 2 is 1.88 bits per heavy atom. The number of hydrogen-bond donors (Lipinski definition) is 1. The van der Waals surface area contributed by atoms with Gasteiger partial charge < -0.3 is 9.64 Å². The molecule has 1 aromatic rings. The van der Waals surface area contributed by atoms with E-state index in [2.05, 4.69) is 26.5 Å². The summed E-state index contributed by atoms with van der Waals surface area (Å²) in [5, 5.41) is 0.627. The van der Waals surface area contributed by atoms with Crippen LogP contribution in [0.15, 0.2) is 6.07 Å². The maximum absolute atomic E-state index is 14.6. The van der Waals surface area contributed by atoms with Crippen molar-refractivity contribution in [1.82, 2.24) is 4.90 Å². The van der Waals surface area contributed by atoms with Crippen molar-refractivity contribution in [2.45, 2.75) is 57.4 Å². The highest BCUT2D eigenvalue weighted by atomic mass is 35.5. The molecule has 2 atom stereocenters. The van der Waals surface area contributed by atoms with Gasteiger partial charge in [-0.25, -0.2) is 4.39 Å². The molecule has 2 unspecified atom stereocenters. The maximum Gasteiger partial charge on any atom is 0.257 e. The van der Waals surface area contributed by atoms with Gasteiger partial charge in [0.1, 0.15) is 0 Å². The molecule has 2 aliphatic rings. The zero-order chi connectivity index (χ0) is 18.3. The van der Waals surface area contributed by atoms with E-state index in [1.54, 1.807) is 11.0 Å². The van der Waals surface area contributed by atoms with Crippen LogP contribution in [0.1, 0.15) is 55.5 Å². The fraction of sp³-hybridized carbons (Fsp3) is 0.632. The van der Waals surface area contributed by atoms with Crippen molar-refractivity contribution in [2.75, 3.05) is 7.11 Å². The SMILES string of the molecule is COc1c(Cl)cc2c(c1F)C(=O)N(C(C)C1CCC(C(C)S)CC1)C2. The van der Waals surface area contributed by atoms with E-state index in [4.69, 9.17) is 16.3 Å². The lowest BCUT2D eigenvalue weighted by Crippen LogP contribution is -2.40. The molecule has 1 amide bonds. The van der Waals surface area contributed by atoms with Gasteiger partial charge in [-0.05, 0) is 56.1 Å². The van der Waals surface area contributed by atoms with Gasteiger partial charge in [0.2, 0.25) is 0 Å². The zero-order valence-electron chi connectivity index (χ0n) is 14.9. The van der Waals surface area contributed by atoms with E-state index in [-0.39, 0.29) is 28.3 Å². The number of ether oxygens (including phenoxy) is 1. The second kappa shape index (κ2) is 7.36. The van der Waals surface area contributed by atoms with Crippen LogP contribution in [0.3, 0.4) is 0 Å². The summed E-state index contributed by atoms with van der Waals surface area (Å²) in [7, 11) is 1.36. The molecule has 1 saturated carbocycles. The Morgan fingerprint density at radius 3 is 2.44 bits per heavy atom. The average molecular weight is 386 g/mol. The minimum atomic E-state index is -0.641. The van der Waals surface area contributed by atoms with E-state index in [1.807, 2.05) is 0 Å². The van der Waals surface area contributed by atoms with Gasteiger partial charge in [0, 0.05) is 17.8 Å². The molecule has 1 aliphatic heterocycles. The second-order valence-corrected chi connectivity index (χ2v) is 8.55. The average Bonchev–Trinajstić information content (AvgIpc) is 2.91. The van der Waals surface area contributed by atoms with Gasteiger partial charge in [0.15, 0.2) is 11.6 Å². The smallest absolute Gasteiger partial charge is 0.257 e. The molecule has 1 fully saturated rings. The Balaban J connectivity index is 1.77. The summed E-state index contributed by atoms with van der Waals surface area (Å²) < 4.78 is 19.6. The van der Waals surface area contributed by atoms with Crippen LogP contribution in [-0.2, 0) is 6.54 Å². The molecule has 6 heteroatoms. The second-order valence-electron chi connectivity index (χ2n) is 7.33. The van der Waals surface area contributed by atoms with Crippen LogP contribution in [0.2, 0.25) is 5.02 Å². The van der Waals surface area contributed by atoms with Crippen LogP contribution in [0.4, 0.5) is 4.39 Å². The van der Waals surface area contributed by atoms with Gasteiger partial charge in [-0.15, -0.1) is 0 Å². The first kappa shape index (κ1) is 18.8. The molecule has 0 aromatic heterocycles. The van der Waals surface area contributed by atoms with E-state index in [0.717, 1.165) is 25.7 Å². The number of benzene rings is 1. The topological polar surface area (TPSA) is 29.5 Å². The van der Waals surface area contributed by atoms with Crippen molar-refractivity contribution in [3.05, 3.63) is 28.0 Å². The molecule has 0 radical (unpaired) electrons. The molecule has 1 aliphatic carbocycles. The number of carbonyl (C=O) groups excluding carboxylic acids is 1. The van der Waals surface area contributed by atoms with Gasteiger partial charge in [0.05, 0.1) is 17.7 Å². The first-order chi connectivity index (χ1) is 11.8. The number of fused-ring (bicyclic) bond motifs is 1. The number of amides is 1. The van der Waals surface area contributed by atoms with Crippen molar-refractivity contribution in [3.8, 4) is 5.75 Å². The van der Waals surface area contributed by atoms with Crippen molar-refractivity contribution < 1.29 is 13.9 Å². The number of carbonyl (C=O) groups is 1. The Labute approximate surface area is 159 Å². The first-order valence-electron chi connectivity index (χ1n) is 8.89. The lowest BCUT2D eigenvalue weighted by molar-refractivity contribution is 0.0602. The normalized spacial score (nSPS) is 25.7. The van der Waals surface area contributed by atoms with Gasteiger partial charge >= 0.3 is 0 Å². The third kappa shape index (κ3) is 3.37. The fourth-order valence-electron chi connectivity index (χ4n) is 4.29. The Bertz CT molecular complexity index is 674. The van der Waals surface area contributed by atoms with E-state index in [1.165, 1.54) is 7.11 Å².